The van der Waals surface area contributed by atoms with E-state index in [-0.39, 0.29) is 37.3 Å². The largest absolute Gasteiger partial charge is 0.497 e. The van der Waals surface area contributed by atoms with Crippen molar-refractivity contribution in [3.05, 3.63) is 24.3 Å². The second-order valence-corrected chi connectivity index (χ2v) is 6.20. The monoisotopic (exact) mass is 385 g/mol. The van der Waals surface area contributed by atoms with Crippen LogP contribution in [0.1, 0.15) is 19.8 Å². The number of hydrogen-bond donors (Lipinski definition) is 2. The number of anilines is 1. The molecule has 2 rings (SSSR count). The number of nitrogens with one attached hydrogen (secondary N) is 1. The van der Waals surface area contributed by atoms with Crippen molar-refractivity contribution in [1.29, 1.82) is 0 Å². The van der Waals surface area contributed by atoms with Crippen LogP contribution in [0.15, 0.2) is 24.3 Å². The number of rotatable bonds is 7. The van der Waals surface area contributed by atoms with Crippen LogP contribution >= 0.6 is 12.4 Å². The highest BCUT2D eigenvalue weighted by molar-refractivity contribution is 5.95. The molecule has 0 spiro atoms. The molecule has 7 nitrogen and oxygen atoms in total. The molecule has 1 aromatic carbocycles. The van der Waals surface area contributed by atoms with Gasteiger partial charge >= 0.3 is 0 Å². The summed E-state index contributed by atoms with van der Waals surface area (Å²) < 4.78 is 10.5. The molecule has 0 atom stereocenters. The Labute approximate surface area is 160 Å². The van der Waals surface area contributed by atoms with Crippen LogP contribution in [0.4, 0.5) is 5.69 Å². The molecular formula is C18H28ClN3O4. The fourth-order valence-electron chi connectivity index (χ4n) is 3.00. The molecular weight excluding hydrogens is 358 g/mol. The third kappa shape index (κ3) is 5.33. The third-order valence-electron chi connectivity index (χ3n) is 4.65. The molecule has 0 saturated carbocycles. The summed E-state index contributed by atoms with van der Waals surface area (Å²) >= 11 is 0. The topological polar surface area (TPSA) is 93.9 Å². The van der Waals surface area contributed by atoms with Gasteiger partial charge in [-0.3, -0.25) is 9.59 Å². The van der Waals surface area contributed by atoms with Gasteiger partial charge in [-0.25, -0.2) is 0 Å². The van der Waals surface area contributed by atoms with Gasteiger partial charge < -0.3 is 25.4 Å². The molecule has 2 amide bonds. The van der Waals surface area contributed by atoms with Crippen molar-refractivity contribution in [2.45, 2.75) is 19.8 Å². The molecule has 0 radical (unpaired) electrons. The lowest BCUT2D eigenvalue weighted by Gasteiger charge is -2.38. The number of hydrogen-bond acceptors (Lipinski definition) is 5. The second-order valence-electron chi connectivity index (χ2n) is 6.20. The molecule has 1 fully saturated rings. The molecule has 0 bridgehead atoms. The van der Waals surface area contributed by atoms with Crippen molar-refractivity contribution in [2.24, 2.45) is 11.1 Å². The van der Waals surface area contributed by atoms with E-state index in [1.54, 1.807) is 36.3 Å². The third-order valence-corrected chi connectivity index (χ3v) is 4.65. The summed E-state index contributed by atoms with van der Waals surface area (Å²) in [6.45, 7) is 3.62. The van der Waals surface area contributed by atoms with Gasteiger partial charge in [0.1, 0.15) is 5.75 Å². The predicted octanol–water partition coefficient (Wildman–Crippen LogP) is 1.66. The number of nitrogens with zero attached hydrogens (tertiary/aromatic N) is 1. The molecule has 1 aromatic rings. The minimum atomic E-state index is -0.621. The van der Waals surface area contributed by atoms with Gasteiger partial charge in [0, 0.05) is 38.1 Å². The minimum Gasteiger partial charge on any atom is -0.497 e. The average Bonchev–Trinajstić information content (AvgIpc) is 2.66. The van der Waals surface area contributed by atoms with Crippen molar-refractivity contribution in [2.75, 3.05) is 45.3 Å². The number of methoxy groups -OCH3 is 1. The lowest BCUT2D eigenvalue weighted by Crippen LogP contribution is -2.52. The number of nitrogens with two attached hydrogens (primary N) is 1. The summed E-state index contributed by atoms with van der Waals surface area (Å²) in [5, 5.41) is 2.80. The van der Waals surface area contributed by atoms with E-state index in [9.17, 15) is 9.59 Å². The first-order valence-electron chi connectivity index (χ1n) is 8.55. The van der Waals surface area contributed by atoms with Crippen LogP contribution in [-0.4, -0.2) is 56.7 Å². The van der Waals surface area contributed by atoms with Gasteiger partial charge in [0.2, 0.25) is 11.8 Å². The fraction of sp³-hybridized carbons (Fsp3) is 0.556. The lowest BCUT2D eigenvalue weighted by molar-refractivity contribution is -0.148. The zero-order chi connectivity index (χ0) is 18.3. The van der Waals surface area contributed by atoms with E-state index >= 15 is 0 Å². The van der Waals surface area contributed by atoms with Gasteiger partial charge in [-0.05, 0) is 31.9 Å². The number of likely N-dealkylation sites (N-methyl/N-ethyl adjacent to an activating group) is 1. The summed E-state index contributed by atoms with van der Waals surface area (Å²) in [7, 11) is 1.57. The van der Waals surface area contributed by atoms with Gasteiger partial charge in [-0.2, -0.15) is 0 Å². The quantitative estimate of drug-likeness (QED) is 0.744. The highest BCUT2D eigenvalue weighted by Gasteiger charge is 2.41. The number of carbonyl (C=O) groups is 2. The van der Waals surface area contributed by atoms with Gasteiger partial charge in [-0.15, -0.1) is 12.4 Å². The zero-order valence-electron chi connectivity index (χ0n) is 15.3. The number of ether oxygens (including phenoxy) is 2. The maximum absolute atomic E-state index is 13.0. The van der Waals surface area contributed by atoms with Crippen LogP contribution in [0.5, 0.6) is 5.75 Å². The van der Waals surface area contributed by atoms with Crippen LogP contribution in [0.2, 0.25) is 0 Å². The van der Waals surface area contributed by atoms with Crippen molar-refractivity contribution in [3.8, 4) is 5.75 Å². The average molecular weight is 386 g/mol. The lowest BCUT2D eigenvalue weighted by atomic mass is 9.79. The van der Waals surface area contributed by atoms with Crippen LogP contribution in [0.3, 0.4) is 0 Å². The molecule has 26 heavy (non-hydrogen) atoms. The van der Waals surface area contributed by atoms with E-state index in [1.807, 2.05) is 6.92 Å². The van der Waals surface area contributed by atoms with E-state index in [2.05, 4.69) is 5.32 Å². The molecule has 1 aliphatic rings. The SMILES string of the molecule is CCN(CC(=O)Nc1cccc(OC)c1)C(=O)C1(CN)CCOCC1.Cl. The van der Waals surface area contributed by atoms with E-state index in [4.69, 9.17) is 15.2 Å². The van der Waals surface area contributed by atoms with Crippen molar-refractivity contribution in [3.63, 3.8) is 0 Å². The van der Waals surface area contributed by atoms with Gasteiger partial charge in [-0.1, -0.05) is 6.07 Å². The Kier molecular flexibility index (Phi) is 8.84. The van der Waals surface area contributed by atoms with Crippen LogP contribution < -0.4 is 15.8 Å². The molecule has 1 saturated heterocycles. The van der Waals surface area contributed by atoms with Crippen molar-refractivity contribution >= 4 is 29.9 Å². The molecule has 0 unspecified atom stereocenters. The molecule has 1 heterocycles. The number of halogens is 1. The summed E-state index contributed by atoms with van der Waals surface area (Å²) in [5.41, 5.74) is 5.91. The Morgan fingerprint density at radius 2 is 2.04 bits per heavy atom. The van der Waals surface area contributed by atoms with Crippen molar-refractivity contribution in [1.82, 2.24) is 4.90 Å². The first-order valence-corrected chi connectivity index (χ1v) is 8.55. The molecule has 146 valence electrons. The smallest absolute Gasteiger partial charge is 0.243 e. The van der Waals surface area contributed by atoms with E-state index in [0.717, 1.165) is 0 Å². The first-order chi connectivity index (χ1) is 12.0. The Hall–Kier alpha value is -1.83. The fourth-order valence-corrected chi connectivity index (χ4v) is 3.00. The standard InChI is InChI=1S/C18H27N3O4.ClH/c1-3-21(17(23)18(13-19)7-9-25-10-8-18)12-16(22)20-14-5-4-6-15(11-14)24-2;/h4-6,11H,3,7-10,12-13,19H2,1-2H3,(H,20,22);1H. The van der Waals surface area contributed by atoms with Gasteiger partial charge in [0.25, 0.3) is 0 Å². The summed E-state index contributed by atoms with van der Waals surface area (Å²) in [5.74, 6) is 0.342. The predicted molar refractivity (Wildman–Crippen MR) is 103 cm³/mol. The Bertz CT molecular complexity index is 606. The van der Waals surface area contributed by atoms with Gasteiger partial charge in [0.15, 0.2) is 0 Å². The Morgan fingerprint density at radius 1 is 1.35 bits per heavy atom. The molecule has 3 N–H and O–H groups in total. The van der Waals surface area contributed by atoms with Crippen molar-refractivity contribution < 1.29 is 19.1 Å². The van der Waals surface area contributed by atoms with E-state index in [0.29, 0.717) is 44.0 Å². The minimum absolute atomic E-state index is 0. The van der Waals surface area contributed by atoms with E-state index in [1.165, 1.54) is 0 Å². The first kappa shape index (κ1) is 22.2. The second kappa shape index (κ2) is 10.4. The summed E-state index contributed by atoms with van der Waals surface area (Å²) in [6.07, 6.45) is 1.19. The molecule has 0 aromatic heterocycles. The molecule has 0 aliphatic carbocycles. The highest BCUT2D eigenvalue weighted by Crippen LogP contribution is 2.31. The van der Waals surface area contributed by atoms with Crippen LogP contribution in [0, 0.1) is 5.41 Å². The zero-order valence-corrected chi connectivity index (χ0v) is 16.1. The number of amides is 2. The maximum Gasteiger partial charge on any atom is 0.243 e. The molecule has 8 heteroatoms. The van der Waals surface area contributed by atoms with Crippen LogP contribution in [-0.2, 0) is 14.3 Å². The normalized spacial score (nSPS) is 15.5. The molecule has 1 aliphatic heterocycles. The summed E-state index contributed by atoms with van der Waals surface area (Å²) in [4.78, 5) is 26.9. The van der Waals surface area contributed by atoms with E-state index < -0.39 is 5.41 Å². The maximum atomic E-state index is 13.0. The highest BCUT2D eigenvalue weighted by atomic mass is 35.5. The Morgan fingerprint density at radius 3 is 2.62 bits per heavy atom. The summed E-state index contributed by atoms with van der Waals surface area (Å²) in [6, 6.07) is 7.10. The van der Waals surface area contributed by atoms with Gasteiger partial charge in [0.05, 0.1) is 19.1 Å². The number of carbonyl (C=O) groups excluding carboxylic acids is 2. The Balaban J connectivity index is 0.00000338. The van der Waals surface area contributed by atoms with Crippen LogP contribution in [0.25, 0.3) is 0 Å². The number of benzene rings is 1.